The molecule has 1 aliphatic heterocycles. The lowest BCUT2D eigenvalue weighted by molar-refractivity contribution is -0.117. The quantitative estimate of drug-likeness (QED) is 0.659. The molecule has 1 atom stereocenters. The summed E-state index contributed by atoms with van der Waals surface area (Å²) in [6, 6.07) is 6.64. The lowest BCUT2D eigenvalue weighted by Gasteiger charge is -2.11. The molecule has 1 saturated heterocycles. The van der Waals surface area contributed by atoms with Crippen LogP contribution in [0.4, 0.5) is 16.2 Å². The smallest absolute Gasteiger partial charge is 0.318 e. The van der Waals surface area contributed by atoms with Crippen LogP contribution in [-0.4, -0.2) is 31.6 Å². The number of hydrogen-bond acceptors (Lipinski definition) is 3. The topological polar surface area (TPSA) is 82.3 Å². The van der Waals surface area contributed by atoms with E-state index in [-0.39, 0.29) is 18.0 Å². The molecule has 0 spiro atoms. The second-order valence-corrected chi connectivity index (χ2v) is 4.42. The highest BCUT2D eigenvalue weighted by Crippen LogP contribution is 2.15. The number of carbonyl (C=O) groups is 2. The summed E-state index contributed by atoms with van der Waals surface area (Å²) in [5, 5.41) is 11.1. The van der Waals surface area contributed by atoms with Gasteiger partial charge in [-0.2, -0.15) is 0 Å². The van der Waals surface area contributed by atoms with E-state index in [0.717, 1.165) is 25.1 Å². The number of urea groups is 1. The van der Waals surface area contributed by atoms with Gasteiger partial charge in [0.15, 0.2) is 0 Å². The van der Waals surface area contributed by atoms with Gasteiger partial charge in [0.2, 0.25) is 5.91 Å². The average molecular weight is 262 g/mol. The van der Waals surface area contributed by atoms with Crippen LogP contribution in [-0.2, 0) is 4.79 Å². The first-order valence-corrected chi connectivity index (χ1v) is 6.32. The van der Waals surface area contributed by atoms with Crippen LogP contribution in [0.1, 0.15) is 12.8 Å². The van der Waals surface area contributed by atoms with Crippen LogP contribution >= 0.6 is 0 Å². The Morgan fingerprint density at radius 3 is 2.32 bits per heavy atom. The minimum atomic E-state index is -0.271. The van der Waals surface area contributed by atoms with Gasteiger partial charge in [0.05, 0.1) is 6.04 Å². The Morgan fingerprint density at radius 2 is 1.79 bits per heavy atom. The highest BCUT2D eigenvalue weighted by Gasteiger charge is 2.21. The van der Waals surface area contributed by atoms with Gasteiger partial charge < -0.3 is 21.3 Å². The summed E-state index contributed by atoms with van der Waals surface area (Å²) in [4.78, 5) is 23.0. The van der Waals surface area contributed by atoms with Gasteiger partial charge in [0, 0.05) is 18.4 Å². The van der Waals surface area contributed by atoms with Gasteiger partial charge in [-0.25, -0.2) is 4.79 Å². The first-order chi connectivity index (χ1) is 9.19. The Labute approximate surface area is 112 Å². The Morgan fingerprint density at radius 1 is 1.16 bits per heavy atom. The van der Waals surface area contributed by atoms with Crippen molar-refractivity contribution in [3.05, 3.63) is 24.3 Å². The monoisotopic (exact) mass is 262 g/mol. The van der Waals surface area contributed by atoms with Crippen molar-refractivity contribution in [2.75, 3.05) is 24.2 Å². The van der Waals surface area contributed by atoms with Crippen LogP contribution in [0.2, 0.25) is 0 Å². The predicted molar refractivity (Wildman–Crippen MR) is 74.2 cm³/mol. The Balaban J connectivity index is 1.91. The molecular formula is C13H18N4O2. The van der Waals surface area contributed by atoms with Gasteiger partial charge in [-0.3, -0.25) is 4.79 Å². The molecule has 6 nitrogen and oxygen atoms in total. The Hall–Kier alpha value is -2.08. The molecule has 19 heavy (non-hydrogen) atoms. The minimum absolute atomic E-state index is 0.00971. The van der Waals surface area contributed by atoms with E-state index in [1.165, 1.54) is 0 Å². The molecule has 0 radical (unpaired) electrons. The van der Waals surface area contributed by atoms with Crippen LogP contribution in [0.25, 0.3) is 0 Å². The third-order valence-electron chi connectivity index (χ3n) is 3.01. The number of benzene rings is 1. The van der Waals surface area contributed by atoms with E-state index >= 15 is 0 Å². The third kappa shape index (κ3) is 3.69. The normalized spacial score (nSPS) is 17.8. The van der Waals surface area contributed by atoms with Gasteiger partial charge in [0.1, 0.15) is 0 Å². The fourth-order valence-electron chi connectivity index (χ4n) is 1.97. The molecule has 4 N–H and O–H groups in total. The number of anilines is 2. The first-order valence-electron chi connectivity index (χ1n) is 6.32. The molecule has 0 saturated carbocycles. The number of carbonyl (C=O) groups excluding carboxylic acids is 2. The summed E-state index contributed by atoms with van der Waals surface area (Å²) in [6.07, 6.45) is 1.91. The number of nitrogens with one attached hydrogen (secondary N) is 4. The molecule has 1 fully saturated rings. The zero-order valence-corrected chi connectivity index (χ0v) is 10.8. The van der Waals surface area contributed by atoms with E-state index in [4.69, 9.17) is 0 Å². The maximum Gasteiger partial charge on any atom is 0.318 e. The van der Waals surface area contributed by atoms with Gasteiger partial charge in [0.25, 0.3) is 0 Å². The molecule has 102 valence electrons. The highest BCUT2D eigenvalue weighted by molar-refractivity contribution is 5.95. The van der Waals surface area contributed by atoms with Crippen molar-refractivity contribution < 1.29 is 9.59 Å². The molecule has 1 aromatic rings. The average Bonchev–Trinajstić information content (AvgIpc) is 2.95. The molecule has 0 aliphatic carbocycles. The summed E-state index contributed by atoms with van der Waals surface area (Å²) in [6.45, 7) is 0.896. The number of hydrogen-bond donors (Lipinski definition) is 4. The van der Waals surface area contributed by atoms with Gasteiger partial charge in [-0.05, 0) is 43.7 Å². The summed E-state index contributed by atoms with van der Waals surface area (Å²) in [7, 11) is 1.55. The lowest BCUT2D eigenvalue weighted by atomic mass is 10.2. The summed E-state index contributed by atoms with van der Waals surface area (Å²) in [5.41, 5.74) is 1.40. The second kappa shape index (κ2) is 6.19. The molecule has 2 rings (SSSR count). The van der Waals surface area contributed by atoms with Crippen LogP contribution < -0.4 is 21.3 Å². The molecule has 1 heterocycles. The molecule has 0 aromatic heterocycles. The molecular weight excluding hydrogens is 244 g/mol. The molecule has 0 bridgehead atoms. The van der Waals surface area contributed by atoms with Crippen LogP contribution in [0.5, 0.6) is 0 Å². The Bertz CT molecular complexity index is 452. The molecule has 1 aliphatic rings. The third-order valence-corrected chi connectivity index (χ3v) is 3.01. The summed E-state index contributed by atoms with van der Waals surface area (Å²) < 4.78 is 0. The molecule has 6 heteroatoms. The fraction of sp³-hybridized carbons (Fsp3) is 0.385. The highest BCUT2D eigenvalue weighted by atomic mass is 16.2. The van der Waals surface area contributed by atoms with E-state index in [0.29, 0.717) is 5.69 Å². The second-order valence-electron chi connectivity index (χ2n) is 4.42. The number of amides is 3. The van der Waals surface area contributed by atoms with Crippen molar-refractivity contribution in [3.63, 3.8) is 0 Å². The van der Waals surface area contributed by atoms with E-state index in [1.54, 1.807) is 31.3 Å². The van der Waals surface area contributed by atoms with Crippen molar-refractivity contribution in [2.45, 2.75) is 18.9 Å². The zero-order chi connectivity index (χ0) is 13.7. The van der Waals surface area contributed by atoms with E-state index in [2.05, 4.69) is 21.3 Å². The minimum Gasteiger partial charge on any atom is -0.341 e. The van der Waals surface area contributed by atoms with Gasteiger partial charge >= 0.3 is 6.03 Å². The van der Waals surface area contributed by atoms with Crippen molar-refractivity contribution in [2.24, 2.45) is 0 Å². The number of rotatable bonds is 3. The van der Waals surface area contributed by atoms with Gasteiger partial charge in [-0.1, -0.05) is 0 Å². The predicted octanol–water partition coefficient (Wildman–Crippen LogP) is 1.13. The SMILES string of the molecule is CNC(=O)Nc1ccc(NC(=O)[C@@H]2CCCN2)cc1. The van der Waals surface area contributed by atoms with Crippen LogP contribution in [0, 0.1) is 0 Å². The largest absolute Gasteiger partial charge is 0.341 e. The van der Waals surface area contributed by atoms with Crippen molar-refractivity contribution in [1.82, 2.24) is 10.6 Å². The van der Waals surface area contributed by atoms with E-state index < -0.39 is 0 Å². The first kappa shape index (κ1) is 13.4. The van der Waals surface area contributed by atoms with Gasteiger partial charge in [-0.15, -0.1) is 0 Å². The Kier molecular flexibility index (Phi) is 4.35. The summed E-state index contributed by atoms with van der Waals surface area (Å²) in [5.74, 6) is -0.00971. The van der Waals surface area contributed by atoms with E-state index in [9.17, 15) is 9.59 Å². The van der Waals surface area contributed by atoms with Crippen molar-refractivity contribution in [3.8, 4) is 0 Å². The summed E-state index contributed by atoms with van der Waals surface area (Å²) >= 11 is 0. The fourth-order valence-corrected chi connectivity index (χ4v) is 1.97. The zero-order valence-electron chi connectivity index (χ0n) is 10.8. The van der Waals surface area contributed by atoms with Crippen LogP contribution in [0.3, 0.4) is 0 Å². The maximum atomic E-state index is 11.9. The van der Waals surface area contributed by atoms with E-state index in [1.807, 2.05) is 0 Å². The molecule has 3 amide bonds. The maximum absolute atomic E-state index is 11.9. The standard InChI is InChI=1S/C13H18N4O2/c1-14-13(19)17-10-6-4-9(5-7-10)16-12(18)11-3-2-8-15-11/h4-7,11,15H,2-3,8H2,1H3,(H,16,18)(H2,14,17,19)/t11-/m0/s1. The molecule has 0 unspecified atom stereocenters. The van der Waals surface area contributed by atoms with Crippen LogP contribution in [0.15, 0.2) is 24.3 Å². The lowest BCUT2D eigenvalue weighted by Crippen LogP contribution is -2.35. The van der Waals surface area contributed by atoms with Crippen molar-refractivity contribution >= 4 is 23.3 Å². The van der Waals surface area contributed by atoms with Crippen molar-refractivity contribution in [1.29, 1.82) is 0 Å². The molecule has 1 aromatic carbocycles.